The second kappa shape index (κ2) is 3.96. The van der Waals surface area contributed by atoms with Gasteiger partial charge in [0.05, 0.1) is 6.61 Å². The number of halogens is 1. The molecule has 0 aliphatic carbocycles. The molecular weight excluding hydrogens is 199 g/mol. The number of anilines is 1. The molecule has 2 rings (SSSR count). The minimum Gasteiger partial charge on any atom is -0.395 e. The van der Waals surface area contributed by atoms with Gasteiger partial charge in [-0.15, -0.1) is 0 Å². The number of benzene rings is 1. The van der Waals surface area contributed by atoms with Crippen molar-refractivity contribution < 1.29 is 14.3 Å². The second-order valence-electron chi connectivity index (χ2n) is 3.33. The van der Waals surface area contributed by atoms with Crippen molar-refractivity contribution in [3.63, 3.8) is 0 Å². The highest BCUT2D eigenvalue weighted by molar-refractivity contribution is 6.02. The van der Waals surface area contributed by atoms with Crippen LogP contribution in [0.1, 0.15) is 11.6 Å². The topological polar surface area (TPSA) is 61.4 Å². The van der Waals surface area contributed by atoms with Gasteiger partial charge in [0.15, 0.2) is 0 Å². The van der Waals surface area contributed by atoms with Gasteiger partial charge < -0.3 is 10.4 Å². The molecule has 0 aromatic heterocycles. The van der Waals surface area contributed by atoms with Crippen LogP contribution in [0.25, 0.3) is 0 Å². The van der Waals surface area contributed by atoms with Crippen molar-refractivity contribution in [1.82, 2.24) is 5.32 Å². The maximum absolute atomic E-state index is 12.9. The summed E-state index contributed by atoms with van der Waals surface area (Å²) < 4.78 is 12.9. The van der Waals surface area contributed by atoms with Crippen LogP contribution in [-0.2, 0) is 4.79 Å². The van der Waals surface area contributed by atoms with E-state index in [9.17, 15) is 9.18 Å². The van der Waals surface area contributed by atoms with Crippen LogP contribution < -0.4 is 10.6 Å². The van der Waals surface area contributed by atoms with Crippen molar-refractivity contribution >= 4 is 11.6 Å². The normalized spacial score (nSPS) is 18.8. The molecule has 3 N–H and O–H groups in total. The predicted molar refractivity (Wildman–Crippen MR) is 52.9 cm³/mol. The van der Waals surface area contributed by atoms with Crippen molar-refractivity contribution in [3.8, 4) is 0 Å². The lowest BCUT2D eigenvalue weighted by Crippen LogP contribution is -2.29. The third-order valence-electron chi connectivity index (χ3n) is 2.31. The summed E-state index contributed by atoms with van der Waals surface area (Å²) in [7, 11) is 0. The van der Waals surface area contributed by atoms with Gasteiger partial charge in [0.1, 0.15) is 11.9 Å². The average molecular weight is 210 g/mol. The molecular formula is C10H11FN2O2. The van der Waals surface area contributed by atoms with E-state index in [1.807, 2.05) is 0 Å². The van der Waals surface area contributed by atoms with Crippen molar-refractivity contribution in [3.05, 3.63) is 29.6 Å². The summed E-state index contributed by atoms with van der Waals surface area (Å²) in [5.74, 6) is -0.596. The van der Waals surface area contributed by atoms with E-state index in [-0.39, 0.29) is 18.3 Å². The molecule has 4 nitrogen and oxygen atoms in total. The van der Waals surface area contributed by atoms with Gasteiger partial charge in [-0.25, -0.2) is 4.39 Å². The molecule has 0 bridgehead atoms. The Morgan fingerprint density at radius 3 is 3.07 bits per heavy atom. The van der Waals surface area contributed by atoms with Gasteiger partial charge >= 0.3 is 0 Å². The molecule has 1 aliphatic heterocycles. The van der Waals surface area contributed by atoms with Crippen LogP contribution in [0.5, 0.6) is 0 Å². The lowest BCUT2D eigenvalue weighted by Gasteiger charge is -2.09. The smallest absolute Gasteiger partial charge is 0.246 e. The van der Waals surface area contributed by atoms with E-state index in [0.29, 0.717) is 12.2 Å². The van der Waals surface area contributed by atoms with Gasteiger partial charge in [0, 0.05) is 17.8 Å². The van der Waals surface area contributed by atoms with E-state index in [2.05, 4.69) is 10.6 Å². The molecule has 1 heterocycles. The van der Waals surface area contributed by atoms with Crippen LogP contribution in [0.2, 0.25) is 0 Å². The fourth-order valence-corrected chi connectivity index (χ4v) is 1.65. The number of carbonyl (C=O) groups is 1. The number of aliphatic hydroxyl groups excluding tert-OH is 1. The Labute approximate surface area is 86.1 Å². The predicted octanol–water partition coefficient (Wildman–Crippen LogP) is 0.401. The molecule has 1 aromatic carbocycles. The fourth-order valence-electron chi connectivity index (χ4n) is 1.65. The van der Waals surface area contributed by atoms with Crippen LogP contribution in [-0.4, -0.2) is 24.2 Å². The molecule has 1 aliphatic rings. The van der Waals surface area contributed by atoms with Crippen LogP contribution in [0.4, 0.5) is 10.1 Å². The molecule has 5 heteroatoms. The first-order valence-electron chi connectivity index (χ1n) is 4.67. The number of fused-ring (bicyclic) bond motifs is 1. The summed E-state index contributed by atoms with van der Waals surface area (Å²) in [4.78, 5) is 11.5. The van der Waals surface area contributed by atoms with E-state index in [4.69, 9.17) is 5.11 Å². The maximum atomic E-state index is 12.9. The summed E-state index contributed by atoms with van der Waals surface area (Å²) in [6.45, 7) is 0.287. The summed E-state index contributed by atoms with van der Waals surface area (Å²) in [5.41, 5.74) is 1.21. The number of aliphatic hydroxyl groups is 1. The highest BCUT2D eigenvalue weighted by atomic mass is 19.1. The minimum absolute atomic E-state index is 0.0414. The van der Waals surface area contributed by atoms with E-state index in [1.165, 1.54) is 12.1 Å². The molecule has 0 radical (unpaired) electrons. The molecule has 1 amide bonds. The first kappa shape index (κ1) is 10.1. The van der Waals surface area contributed by atoms with Gasteiger partial charge in [-0.3, -0.25) is 10.1 Å². The van der Waals surface area contributed by atoms with Crippen molar-refractivity contribution in [2.45, 2.75) is 6.04 Å². The van der Waals surface area contributed by atoms with Gasteiger partial charge in [-0.1, -0.05) is 6.07 Å². The third kappa shape index (κ3) is 1.84. The Bertz CT molecular complexity index is 395. The molecule has 1 atom stereocenters. The van der Waals surface area contributed by atoms with Crippen molar-refractivity contribution in [2.24, 2.45) is 0 Å². The second-order valence-corrected chi connectivity index (χ2v) is 3.33. The van der Waals surface area contributed by atoms with Gasteiger partial charge in [0.25, 0.3) is 0 Å². The number of hydrogen-bond donors (Lipinski definition) is 3. The maximum Gasteiger partial charge on any atom is 0.246 e. The zero-order valence-corrected chi connectivity index (χ0v) is 7.96. The molecule has 0 fully saturated rings. The number of amides is 1. The Morgan fingerprint density at radius 2 is 2.33 bits per heavy atom. The van der Waals surface area contributed by atoms with Crippen LogP contribution in [0.15, 0.2) is 18.2 Å². The standard InChI is InChI=1S/C10H11FN2O2/c11-6-1-2-7-8(5-6)13-10(15)9(7)12-3-4-14/h1-2,5,9,12,14H,3-4H2,(H,13,15). The SMILES string of the molecule is O=C1Nc2cc(F)ccc2C1NCCO. The third-order valence-corrected chi connectivity index (χ3v) is 2.31. The van der Waals surface area contributed by atoms with Gasteiger partial charge in [0.2, 0.25) is 5.91 Å². The van der Waals surface area contributed by atoms with E-state index >= 15 is 0 Å². The van der Waals surface area contributed by atoms with E-state index in [0.717, 1.165) is 5.56 Å². The van der Waals surface area contributed by atoms with Gasteiger partial charge in [-0.05, 0) is 12.1 Å². The first-order valence-corrected chi connectivity index (χ1v) is 4.67. The number of nitrogens with one attached hydrogen (secondary N) is 2. The minimum atomic E-state index is -0.493. The summed E-state index contributed by atoms with van der Waals surface area (Å²) in [6, 6.07) is 3.67. The molecule has 80 valence electrons. The summed E-state index contributed by atoms with van der Waals surface area (Å²) in [5, 5.41) is 14.1. The molecule has 15 heavy (non-hydrogen) atoms. The Balaban J connectivity index is 2.25. The Hall–Kier alpha value is -1.46. The Kier molecular flexibility index (Phi) is 2.66. The molecule has 0 spiro atoms. The summed E-state index contributed by atoms with van der Waals surface area (Å²) in [6.07, 6.45) is 0. The molecule has 1 unspecified atom stereocenters. The highest BCUT2D eigenvalue weighted by Gasteiger charge is 2.29. The molecule has 0 saturated heterocycles. The summed E-state index contributed by atoms with van der Waals surface area (Å²) >= 11 is 0. The van der Waals surface area contributed by atoms with Crippen LogP contribution in [0, 0.1) is 5.82 Å². The lowest BCUT2D eigenvalue weighted by atomic mass is 10.1. The molecule has 0 saturated carbocycles. The van der Waals surface area contributed by atoms with Crippen molar-refractivity contribution in [2.75, 3.05) is 18.5 Å². The van der Waals surface area contributed by atoms with Crippen LogP contribution >= 0.6 is 0 Å². The fraction of sp³-hybridized carbons (Fsp3) is 0.300. The van der Waals surface area contributed by atoms with E-state index in [1.54, 1.807) is 6.07 Å². The largest absolute Gasteiger partial charge is 0.395 e. The number of rotatable bonds is 3. The number of carbonyl (C=O) groups excluding carboxylic acids is 1. The molecule has 1 aromatic rings. The zero-order chi connectivity index (χ0) is 10.8. The van der Waals surface area contributed by atoms with Crippen molar-refractivity contribution in [1.29, 1.82) is 0 Å². The first-order chi connectivity index (χ1) is 7.22. The van der Waals surface area contributed by atoms with Crippen LogP contribution in [0.3, 0.4) is 0 Å². The van der Waals surface area contributed by atoms with Gasteiger partial charge in [-0.2, -0.15) is 0 Å². The average Bonchev–Trinajstić information content (AvgIpc) is 2.50. The van der Waals surface area contributed by atoms with E-state index < -0.39 is 6.04 Å². The quantitative estimate of drug-likeness (QED) is 0.676. The highest BCUT2D eigenvalue weighted by Crippen LogP contribution is 2.30. The zero-order valence-electron chi connectivity index (χ0n) is 7.96. The Morgan fingerprint density at radius 1 is 1.53 bits per heavy atom. The lowest BCUT2D eigenvalue weighted by molar-refractivity contribution is -0.117. The number of hydrogen-bond acceptors (Lipinski definition) is 3. The monoisotopic (exact) mass is 210 g/mol.